The van der Waals surface area contributed by atoms with Crippen molar-refractivity contribution in [2.75, 3.05) is 24.1 Å². The summed E-state index contributed by atoms with van der Waals surface area (Å²) in [5.74, 6) is -0.517. The van der Waals surface area contributed by atoms with Crippen molar-refractivity contribution >= 4 is 23.2 Å². The van der Waals surface area contributed by atoms with Crippen molar-refractivity contribution in [1.82, 2.24) is 4.90 Å². The third kappa shape index (κ3) is 4.59. The topological polar surface area (TPSA) is 75.4 Å². The molecular weight excluding hydrogens is 314 g/mol. The van der Waals surface area contributed by atoms with Crippen molar-refractivity contribution in [3.8, 4) is 0 Å². The van der Waals surface area contributed by atoms with Crippen LogP contribution in [-0.2, 0) is 16.0 Å². The zero-order valence-corrected chi connectivity index (χ0v) is 14.2. The largest absolute Gasteiger partial charge is 0.399 e. The SMILES string of the molecule is Nc1cccc(NC(=O)C(=O)N2CCC(Cc3ccccc3)CC2)c1. The number of carbonyl (C=O) groups is 2. The second-order valence-electron chi connectivity index (χ2n) is 6.50. The van der Waals surface area contributed by atoms with Crippen LogP contribution in [0.3, 0.4) is 0 Å². The van der Waals surface area contributed by atoms with E-state index < -0.39 is 11.8 Å². The Bertz CT molecular complexity index is 738. The molecular formula is C20H23N3O2. The minimum atomic E-state index is -0.605. The van der Waals surface area contributed by atoms with Gasteiger partial charge in [0.05, 0.1) is 0 Å². The number of carbonyl (C=O) groups excluding carboxylic acids is 2. The highest BCUT2D eigenvalue weighted by molar-refractivity contribution is 6.39. The van der Waals surface area contributed by atoms with Gasteiger partial charge in [-0.2, -0.15) is 0 Å². The summed E-state index contributed by atoms with van der Waals surface area (Å²) in [5.41, 5.74) is 8.10. The molecule has 130 valence electrons. The second kappa shape index (κ2) is 7.83. The molecule has 0 atom stereocenters. The Morgan fingerprint density at radius 2 is 1.76 bits per heavy atom. The normalized spacial score (nSPS) is 15.0. The number of likely N-dealkylation sites (tertiary alicyclic amines) is 1. The molecule has 0 spiro atoms. The van der Waals surface area contributed by atoms with Crippen LogP contribution >= 0.6 is 0 Å². The number of nitrogens with two attached hydrogens (primary N) is 1. The first kappa shape index (κ1) is 17.0. The highest BCUT2D eigenvalue weighted by Gasteiger charge is 2.27. The number of nitrogen functional groups attached to an aromatic ring is 1. The Kier molecular flexibility index (Phi) is 5.33. The van der Waals surface area contributed by atoms with E-state index in [1.165, 1.54) is 5.56 Å². The molecule has 0 saturated carbocycles. The predicted octanol–water partition coefficient (Wildman–Crippen LogP) is 2.69. The highest BCUT2D eigenvalue weighted by Crippen LogP contribution is 2.22. The fourth-order valence-corrected chi connectivity index (χ4v) is 3.23. The Hall–Kier alpha value is -2.82. The van der Waals surface area contributed by atoms with E-state index in [4.69, 9.17) is 5.73 Å². The number of hydrogen-bond acceptors (Lipinski definition) is 3. The van der Waals surface area contributed by atoms with Gasteiger partial charge in [0.15, 0.2) is 0 Å². The lowest BCUT2D eigenvalue weighted by Crippen LogP contribution is -2.44. The van der Waals surface area contributed by atoms with Crippen LogP contribution in [0.4, 0.5) is 11.4 Å². The fourth-order valence-electron chi connectivity index (χ4n) is 3.23. The van der Waals surface area contributed by atoms with Gasteiger partial charge >= 0.3 is 11.8 Å². The molecule has 2 aromatic carbocycles. The number of rotatable bonds is 3. The summed E-state index contributed by atoms with van der Waals surface area (Å²) >= 11 is 0. The van der Waals surface area contributed by atoms with Crippen LogP contribution in [0.15, 0.2) is 54.6 Å². The Balaban J connectivity index is 1.50. The number of anilines is 2. The van der Waals surface area contributed by atoms with E-state index in [9.17, 15) is 9.59 Å². The summed E-state index contributed by atoms with van der Waals surface area (Å²) in [7, 11) is 0. The van der Waals surface area contributed by atoms with Crippen molar-refractivity contribution < 1.29 is 9.59 Å². The number of hydrogen-bond donors (Lipinski definition) is 2. The first-order valence-corrected chi connectivity index (χ1v) is 8.61. The highest BCUT2D eigenvalue weighted by atomic mass is 16.2. The molecule has 1 heterocycles. The molecule has 5 heteroatoms. The maximum Gasteiger partial charge on any atom is 0.313 e. The summed E-state index contributed by atoms with van der Waals surface area (Å²) in [6.45, 7) is 1.25. The summed E-state index contributed by atoms with van der Waals surface area (Å²) in [6.07, 6.45) is 2.87. The van der Waals surface area contributed by atoms with Crippen molar-refractivity contribution in [3.05, 3.63) is 60.2 Å². The average Bonchev–Trinajstić information content (AvgIpc) is 2.62. The van der Waals surface area contributed by atoms with Crippen molar-refractivity contribution in [3.63, 3.8) is 0 Å². The molecule has 0 bridgehead atoms. The van der Waals surface area contributed by atoms with Gasteiger partial charge in [0, 0.05) is 24.5 Å². The number of piperidine rings is 1. The quantitative estimate of drug-likeness (QED) is 0.668. The lowest BCUT2D eigenvalue weighted by atomic mass is 9.90. The van der Waals surface area contributed by atoms with Gasteiger partial charge in [0.1, 0.15) is 0 Å². The Labute approximate surface area is 147 Å². The average molecular weight is 337 g/mol. The van der Waals surface area contributed by atoms with Gasteiger partial charge < -0.3 is 16.0 Å². The number of nitrogens with zero attached hydrogens (tertiary/aromatic N) is 1. The van der Waals surface area contributed by atoms with Crippen LogP contribution in [0, 0.1) is 5.92 Å². The smallest absolute Gasteiger partial charge is 0.313 e. The molecule has 0 aliphatic carbocycles. The van der Waals surface area contributed by atoms with Gasteiger partial charge in [-0.3, -0.25) is 9.59 Å². The van der Waals surface area contributed by atoms with Crippen molar-refractivity contribution in [2.24, 2.45) is 5.92 Å². The third-order valence-electron chi connectivity index (χ3n) is 4.61. The van der Waals surface area contributed by atoms with Crippen LogP contribution in [0.2, 0.25) is 0 Å². The molecule has 1 aliphatic rings. The fraction of sp³-hybridized carbons (Fsp3) is 0.300. The van der Waals surface area contributed by atoms with Crippen LogP contribution in [-0.4, -0.2) is 29.8 Å². The molecule has 2 aromatic rings. The monoisotopic (exact) mass is 337 g/mol. The predicted molar refractivity (Wildman–Crippen MR) is 98.9 cm³/mol. The van der Waals surface area contributed by atoms with Gasteiger partial charge in [0.2, 0.25) is 0 Å². The van der Waals surface area contributed by atoms with Gasteiger partial charge in [-0.15, -0.1) is 0 Å². The maximum atomic E-state index is 12.3. The number of nitrogens with one attached hydrogen (secondary N) is 1. The van der Waals surface area contributed by atoms with E-state index in [1.54, 1.807) is 29.2 Å². The van der Waals surface area contributed by atoms with Crippen LogP contribution < -0.4 is 11.1 Å². The molecule has 1 fully saturated rings. The first-order valence-electron chi connectivity index (χ1n) is 8.61. The van der Waals surface area contributed by atoms with E-state index in [0.717, 1.165) is 19.3 Å². The van der Waals surface area contributed by atoms with Gasteiger partial charge in [-0.05, 0) is 48.9 Å². The molecule has 0 aromatic heterocycles. The van der Waals surface area contributed by atoms with Crippen LogP contribution in [0.5, 0.6) is 0 Å². The molecule has 1 aliphatic heterocycles. The van der Waals surface area contributed by atoms with E-state index in [0.29, 0.717) is 30.4 Å². The van der Waals surface area contributed by atoms with Crippen LogP contribution in [0.1, 0.15) is 18.4 Å². The van der Waals surface area contributed by atoms with Gasteiger partial charge in [-0.25, -0.2) is 0 Å². The lowest BCUT2D eigenvalue weighted by Gasteiger charge is -2.31. The van der Waals surface area contributed by atoms with Gasteiger partial charge in [0.25, 0.3) is 0 Å². The molecule has 0 radical (unpaired) electrons. The minimum Gasteiger partial charge on any atom is -0.399 e. The summed E-state index contributed by atoms with van der Waals surface area (Å²) in [4.78, 5) is 26.1. The Morgan fingerprint density at radius 3 is 2.44 bits per heavy atom. The molecule has 25 heavy (non-hydrogen) atoms. The van der Waals surface area contributed by atoms with Crippen LogP contribution in [0.25, 0.3) is 0 Å². The molecule has 1 saturated heterocycles. The van der Waals surface area contributed by atoms with E-state index >= 15 is 0 Å². The summed E-state index contributed by atoms with van der Waals surface area (Å²) in [5, 5.41) is 2.62. The van der Waals surface area contributed by atoms with Gasteiger partial charge in [-0.1, -0.05) is 36.4 Å². The number of benzene rings is 2. The molecule has 3 N–H and O–H groups in total. The van der Waals surface area contributed by atoms with E-state index in [1.807, 2.05) is 6.07 Å². The third-order valence-corrected chi connectivity index (χ3v) is 4.61. The maximum absolute atomic E-state index is 12.3. The molecule has 5 nitrogen and oxygen atoms in total. The molecule has 3 rings (SSSR count). The zero-order valence-electron chi connectivity index (χ0n) is 14.2. The Morgan fingerprint density at radius 1 is 1.04 bits per heavy atom. The minimum absolute atomic E-state index is 0.472. The summed E-state index contributed by atoms with van der Waals surface area (Å²) < 4.78 is 0. The van der Waals surface area contributed by atoms with Crippen molar-refractivity contribution in [1.29, 1.82) is 0 Å². The molecule has 2 amide bonds. The van der Waals surface area contributed by atoms with E-state index in [2.05, 4.69) is 29.6 Å². The summed E-state index contributed by atoms with van der Waals surface area (Å²) in [6, 6.07) is 17.2. The van der Waals surface area contributed by atoms with E-state index in [-0.39, 0.29) is 0 Å². The first-order chi connectivity index (χ1) is 12.1. The lowest BCUT2D eigenvalue weighted by molar-refractivity contribution is -0.144. The molecule has 0 unspecified atom stereocenters. The second-order valence-corrected chi connectivity index (χ2v) is 6.50. The van der Waals surface area contributed by atoms with Crippen molar-refractivity contribution in [2.45, 2.75) is 19.3 Å². The zero-order chi connectivity index (χ0) is 17.6. The number of amides is 2. The standard InChI is InChI=1S/C20H23N3O2/c21-17-7-4-8-18(14-17)22-19(24)20(25)23-11-9-16(10-12-23)13-15-5-2-1-3-6-15/h1-8,14,16H,9-13,21H2,(H,22,24).